The summed E-state index contributed by atoms with van der Waals surface area (Å²) in [4.78, 5) is 31.1. The van der Waals surface area contributed by atoms with E-state index < -0.39 is 6.36 Å². The molecule has 0 spiro atoms. The van der Waals surface area contributed by atoms with E-state index in [4.69, 9.17) is 4.52 Å². The van der Waals surface area contributed by atoms with Crippen molar-refractivity contribution >= 4 is 5.91 Å². The lowest BCUT2D eigenvalue weighted by molar-refractivity contribution is -0.274. The number of amides is 1. The van der Waals surface area contributed by atoms with Gasteiger partial charge in [-0.05, 0) is 54.4 Å². The number of benzene rings is 2. The second-order valence-corrected chi connectivity index (χ2v) is 8.23. The Morgan fingerprint density at radius 2 is 1.78 bits per heavy atom. The lowest BCUT2D eigenvalue weighted by Crippen LogP contribution is -2.42. The lowest BCUT2D eigenvalue weighted by Gasteiger charge is -2.31. The number of carbonyl (C=O) groups excluding carboxylic acids is 1. The monoisotopic (exact) mass is 496 g/mol. The highest BCUT2D eigenvalue weighted by molar-refractivity contribution is 5.94. The van der Waals surface area contributed by atoms with Gasteiger partial charge in [0.25, 0.3) is 17.4 Å². The normalized spacial score (nSPS) is 13.4. The van der Waals surface area contributed by atoms with Crippen LogP contribution >= 0.6 is 0 Å². The van der Waals surface area contributed by atoms with Crippen molar-refractivity contribution in [1.29, 1.82) is 0 Å². The zero-order valence-electron chi connectivity index (χ0n) is 18.7. The van der Waals surface area contributed by atoms with E-state index in [-0.39, 0.29) is 35.5 Å². The van der Waals surface area contributed by atoms with Crippen molar-refractivity contribution in [3.8, 4) is 28.6 Å². The van der Waals surface area contributed by atoms with Gasteiger partial charge in [0.15, 0.2) is 0 Å². The zero-order valence-corrected chi connectivity index (χ0v) is 18.7. The maximum absolute atomic E-state index is 12.5. The molecule has 1 saturated heterocycles. The molecule has 4 aromatic rings. The molecule has 0 aliphatic carbocycles. The van der Waals surface area contributed by atoms with Gasteiger partial charge in [-0.25, -0.2) is 0 Å². The van der Waals surface area contributed by atoms with Gasteiger partial charge >= 0.3 is 6.36 Å². The first kappa shape index (κ1) is 23.3. The molecule has 2 aromatic heterocycles. The molecule has 0 atom stereocenters. The summed E-state index contributed by atoms with van der Waals surface area (Å²) in [5, 5.41) is 3.89. The summed E-state index contributed by atoms with van der Waals surface area (Å²) >= 11 is 0. The summed E-state index contributed by atoms with van der Waals surface area (Å²) < 4.78 is 47.7. The SMILES string of the molecule is O=C(c1cccc(Cn2cc(-c3nc(-c4ccc(OC(F)(F)F)cc4)no3)ccc2=O)c1)N1CCC1. The summed E-state index contributed by atoms with van der Waals surface area (Å²) in [6.45, 7) is 1.74. The third kappa shape index (κ3) is 5.14. The summed E-state index contributed by atoms with van der Waals surface area (Å²) in [7, 11) is 0. The number of hydrogen-bond acceptors (Lipinski definition) is 6. The highest BCUT2D eigenvalue weighted by Crippen LogP contribution is 2.27. The van der Waals surface area contributed by atoms with Gasteiger partial charge in [-0.3, -0.25) is 9.59 Å². The Hall–Kier alpha value is -4.41. The highest BCUT2D eigenvalue weighted by atomic mass is 19.4. The average Bonchev–Trinajstić information content (AvgIpc) is 3.29. The fourth-order valence-corrected chi connectivity index (χ4v) is 3.75. The first-order valence-electron chi connectivity index (χ1n) is 11.0. The van der Waals surface area contributed by atoms with Gasteiger partial charge < -0.3 is 18.7 Å². The fraction of sp³-hybridized carbons (Fsp3) is 0.200. The van der Waals surface area contributed by atoms with Crippen molar-refractivity contribution < 1.29 is 27.2 Å². The van der Waals surface area contributed by atoms with Crippen LogP contribution in [0.1, 0.15) is 22.3 Å². The fourth-order valence-electron chi connectivity index (χ4n) is 3.75. The van der Waals surface area contributed by atoms with E-state index in [1.54, 1.807) is 35.4 Å². The van der Waals surface area contributed by atoms with Gasteiger partial charge in [0.05, 0.1) is 12.1 Å². The van der Waals surface area contributed by atoms with E-state index in [1.807, 2.05) is 6.07 Å². The Morgan fingerprint density at radius 3 is 2.47 bits per heavy atom. The van der Waals surface area contributed by atoms with Crippen LogP contribution in [0, 0.1) is 0 Å². The molecule has 11 heteroatoms. The Morgan fingerprint density at radius 1 is 1.03 bits per heavy atom. The quantitative estimate of drug-likeness (QED) is 0.394. The minimum atomic E-state index is -4.78. The minimum absolute atomic E-state index is 0.0272. The van der Waals surface area contributed by atoms with E-state index in [0.717, 1.165) is 37.2 Å². The Bertz CT molecular complexity index is 1460. The van der Waals surface area contributed by atoms with Gasteiger partial charge in [-0.15, -0.1) is 13.2 Å². The first-order valence-corrected chi connectivity index (χ1v) is 11.0. The third-order valence-corrected chi connectivity index (χ3v) is 5.67. The van der Waals surface area contributed by atoms with Crippen LogP contribution in [0.2, 0.25) is 0 Å². The number of hydrogen-bond donors (Lipinski definition) is 0. The third-order valence-electron chi connectivity index (χ3n) is 5.67. The molecule has 0 saturated carbocycles. The molecule has 1 amide bonds. The number of carbonyl (C=O) groups is 1. The average molecular weight is 496 g/mol. The van der Waals surface area contributed by atoms with Crippen molar-refractivity contribution in [2.75, 3.05) is 13.1 Å². The predicted octanol–water partition coefficient (Wildman–Crippen LogP) is 4.36. The van der Waals surface area contributed by atoms with Crippen LogP contribution < -0.4 is 10.3 Å². The number of aromatic nitrogens is 3. The van der Waals surface area contributed by atoms with Crippen LogP contribution in [0.5, 0.6) is 5.75 Å². The number of alkyl halides is 3. The van der Waals surface area contributed by atoms with Crippen LogP contribution in [-0.4, -0.2) is 45.0 Å². The summed E-state index contributed by atoms with van der Waals surface area (Å²) in [6, 6.07) is 15.1. The molecular weight excluding hydrogens is 477 g/mol. The Labute approximate surface area is 202 Å². The Kier molecular flexibility index (Phi) is 6.05. The molecule has 3 heterocycles. The molecule has 0 bridgehead atoms. The largest absolute Gasteiger partial charge is 0.573 e. The topological polar surface area (TPSA) is 90.5 Å². The molecule has 1 aliphatic heterocycles. The number of halogens is 3. The number of pyridine rings is 1. The second-order valence-electron chi connectivity index (χ2n) is 8.23. The molecule has 0 N–H and O–H groups in total. The van der Waals surface area contributed by atoms with E-state index >= 15 is 0 Å². The Balaban J connectivity index is 1.34. The molecule has 2 aromatic carbocycles. The van der Waals surface area contributed by atoms with E-state index in [1.165, 1.54) is 22.8 Å². The smallest absolute Gasteiger partial charge is 0.406 e. The van der Waals surface area contributed by atoms with Crippen LogP contribution in [0.3, 0.4) is 0 Å². The molecular formula is C25H19F3N4O4. The predicted molar refractivity (Wildman–Crippen MR) is 122 cm³/mol. The van der Waals surface area contributed by atoms with E-state index in [0.29, 0.717) is 16.7 Å². The standard InChI is InChI=1S/C25H19F3N4O4/c26-25(27,28)35-20-8-5-17(6-9-20)22-29-23(36-30-22)19-7-10-21(33)32(15-19)14-16-3-1-4-18(13-16)24(34)31-11-2-12-31/h1,3-10,13,15H,2,11-12,14H2. The molecule has 8 nitrogen and oxygen atoms in total. The zero-order chi connectivity index (χ0) is 25.3. The van der Waals surface area contributed by atoms with Gasteiger partial charge in [-0.2, -0.15) is 4.98 Å². The van der Waals surface area contributed by atoms with Crippen molar-refractivity contribution in [3.05, 3.63) is 88.3 Å². The molecule has 36 heavy (non-hydrogen) atoms. The maximum Gasteiger partial charge on any atom is 0.573 e. The van der Waals surface area contributed by atoms with Gasteiger partial charge in [0.1, 0.15) is 5.75 Å². The summed E-state index contributed by atoms with van der Waals surface area (Å²) in [6.07, 6.45) is -2.21. The van der Waals surface area contributed by atoms with Crippen LogP contribution in [-0.2, 0) is 6.54 Å². The molecule has 184 valence electrons. The number of nitrogens with zero attached hydrogens (tertiary/aromatic N) is 4. The van der Waals surface area contributed by atoms with Crippen molar-refractivity contribution in [2.45, 2.75) is 19.3 Å². The second kappa shape index (κ2) is 9.33. The van der Waals surface area contributed by atoms with Crippen molar-refractivity contribution in [1.82, 2.24) is 19.6 Å². The highest BCUT2D eigenvalue weighted by Gasteiger charge is 2.31. The first-order chi connectivity index (χ1) is 17.2. The maximum atomic E-state index is 12.5. The lowest BCUT2D eigenvalue weighted by atomic mass is 10.1. The molecule has 0 unspecified atom stereocenters. The molecule has 0 radical (unpaired) electrons. The van der Waals surface area contributed by atoms with Crippen LogP contribution in [0.15, 0.2) is 76.2 Å². The van der Waals surface area contributed by atoms with Crippen molar-refractivity contribution in [2.24, 2.45) is 0 Å². The van der Waals surface area contributed by atoms with E-state index in [9.17, 15) is 22.8 Å². The van der Waals surface area contributed by atoms with Crippen LogP contribution in [0.4, 0.5) is 13.2 Å². The molecule has 1 fully saturated rings. The van der Waals surface area contributed by atoms with Gasteiger partial charge in [0.2, 0.25) is 5.82 Å². The summed E-state index contributed by atoms with van der Waals surface area (Å²) in [5.74, 6) is -0.0899. The van der Waals surface area contributed by atoms with Crippen LogP contribution in [0.25, 0.3) is 22.8 Å². The van der Waals surface area contributed by atoms with Crippen molar-refractivity contribution in [3.63, 3.8) is 0 Å². The number of rotatable bonds is 6. The number of likely N-dealkylation sites (tertiary alicyclic amines) is 1. The van der Waals surface area contributed by atoms with Gasteiger partial charge in [0, 0.05) is 36.5 Å². The van der Waals surface area contributed by atoms with E-state index in [2.05, 4.69) is 14.9 Å². The number of ether oxygens (including phenoxy) is 1. The van der Waals surface area contributed by atoms with Gasteiger partial charge in [-0.1, -0.05) is 17.3 Å². The molecule has 1 aliphatic rings. The molecule has 5 rings (SSSR count). The minimum Gasteiger partial charge on any atom is -0.406 e. The summed E-state index contributed by atoms with van der Waals surface area (Å²) in [5.41, 5.74) is 2.02.